The van der Waals surface area contributed by atoms with Crippen molar-refractivity contribution in [2.45, 2.75) is 25.3 Å². The SMILES string of the molecule is O=S(=O)(CC[NH2+]CCC[NH+]1CCOCC1)N1CCCC1c1cc(Cl)c(O)c(Cl)c1O.[Cl-].[Cl-]. The Morgan fingerprint density at radius 2 is 1.84 bits per heavy atom. The van der Waals surface area contributed by atoms with Gasteiger partial charge in [0.15, 0.2) is 5.75 Å². The molecule has 0 bridgehead atoms. The van der Waals surface area contributed by atoms with Crippen molar-refractivity contribution in [1.82, 2.24) is 4.31 Å². The minimum absolute atomic E-state index is 0. The summed E-state index contributed by atoms with van der Waals surface area (Å²) in [7, 11) is -3.50. The van der Waals surface area contributed by atoms with Gasteiger partial charge >= 0.3 is 0 Å². The zero-order chi connectivity index (χ0) is 21.7. The maximum absolute atomic E-state index is 12.9. The Hall–Kier alpha value is -0.230. The van der Waals surface area contributed by atoms with E-state index in [4.69, 9.17) is 27.9 Å². The number of benzene rings is 1. The number of sulfonamides is 1. The van der Waals surface area contributed by atoms with E-state index in [1.165, 1.54) is 10.4 Å². The Kier molecular flexibility index (Phi) is 12.7. The molecule has 0 aliphatic carbocycles. The molecule has 0 amide bonds. The molecular formula is C19H31Cl4N3O5S. The second-order valence-corrected chi connectivity index (χ2v) is 10.7. The van der Waals surface area contributed by atoms with Gasteiger partial charge in [0.05, 0.1) is 43.9 Å². The van der Waals surface area contributed by atoms with Gasteiger partial charge in [-0.15, -0.1) is 0 Å². The van der Waals surface area contributed by atoms with Crippen molar-refractivity contribution in [3.05, 3.63) is 21.7 Å². The molecule has 1 aromatic carbocycles. The molecule has 8 nitrogen and oxygen atoms in total. The molecule has 0 aromatic heterocycles. The summed E-state index contributed by atoms with van der Waals surface area (Å²) >= 11 is 11.9. The highest BCUT2D eigenvalue weighted by molar-refractivity contribution is 7.89. The summed E-state index contributed by atoms with van der Waals surface area (Å²) in [6, 6.07) is 0.868. The maximum Gasteiger partial charge on any atom is 0.220 e. The molecule has 32 heavy (non-hydrogen) atoms. The standard InChI is InChI=1S/C19H29Cl2N3O5S.2ClH/c20-15-13-14(18(25)17(21)19(15)26)16-3-1-7-24(16)30(27,28)12-5-22-4-2-6-23-8-10-29-11-9-23;;/h13,16,22,25-26H,1-12H2;2*1H. The van der Waals surface area contributed by atoms with Crippen LogP contribution in [0, 0.1) is 0 Å². The smallest absolute Gasteiger partial charge is 0.220 e. The first kappa shape index (κ1) is 29.8. The van der Waals surface area contributed by atoms with Gasteiger partial charge in [-0.05, 0) is 18.9 Å². The van der Waals surface area contributed by atoms with Gasteiger partial charge < -0.3 is 50.0 Å². The predicted octanol–water partition coefficient (Wildman–Crippen LogP) is -6.25. The number of nitrogens with two attached hydrogens (primary N) is 1. The number of aromatic hydroxyl groups is 2. The summed E-state index contributed by atoms with van der Waals surface area (Å²) in [5, 5.41) is 21.9. The van der Waals surface area contributed by atoms with Crippen molar-refractivity contribution in [3.63, 3.8) is 0 Å². The van der Waals surface area contributed by atoms with Crippen molar-refractivity contribution in [3.8, 4) is 11.5 Å². The predicted molar refractivity (Wildman–Crippen MR) is 115 cm³/mol. The molecule has 2 fully saturated rings. The summed E-state index contributed by atoms with van der Waals surface area (Å²) in [5.74, 6) is -0.683. The summed E-state index contributed by atoms with van der Waals surface area (Å²) < 4.78 is 32.7. The van der Waals surface area contributed by atoms with Crippen LogP contribution in [-0.2, 0) is 14.8 Å². The minimum Gasteiger partial charge on any atom is -1.00 e. The van der Waals surface area contributed by atoms with Crippen molar-refractivity contribution in [2.75, 3.05) is 58.2 Å². The van der Waals surface area contributed by atoms with Gasteiger partial charge in [0.25, 0.3) is 0 Å². The largest absolute Gasteiger partial charge is 1.00 e. The van der Waals surface area contributed by atoms with Crippen LogP contribution < -0.4 is 35.0 Å². The van der Waals surface area contributed by atoms with Gasteiger partial charge in [0.1, 0.15) is 29.6 Å². The van der Waals surface area contributed by atoms with Crippen molar-refractivity contribution >= 4 is 33.2 Å². The van der Waals surface area contributed by atoms with Crippen LogP contribution in [0.25, 0.3) is 0 Å². The molecule has 0 saturated carbocycles. The third-order valence-corrected chi connectivity index (χ3v) is 8.39. The maximum atomic E-state index is 12.9. The highest BCUT2D eigenvalue weighted by Gasteiger charge is 2.37. The number of hydrogen-bond donors (Lipinski definition) is 4. The van der Waals surface area contributed by atoms with E-state index in [2.05, 4.69) is 0 Å². The number of nitrogens with zero attached hydrogens (tertiary/aromatic N) is 1. The van der Waals surface area contributed by atoms with Gasteiger partial charge in [-0.1, -0.05) is 23.2 Å². The number of quaternary nitrogens is 2. The van der Waals surface area contributed by atoms with E-state index in [-0.39, 0.29) is 46.4 Å². The molecule has 1 aromatic rings. The quantitative estimate of drug-likeness (QED) is 0.227. The summed E-state index contributed by atoms with van der Waals surface area (Å²) in [6.07, 6.45) is 2.29. The number of rotatable bonds is 9. The molecule has 5 N–H and O–H groups in total. The van der Waals surface area contributed by atoms with Crippen molar-refractivity contribution < 1.29 is 58.4 Å². The lowest BCUT2D eigenvalue weighted by atomic mass is 10.0. The second-order valence-electron chi connectivity index (χ2n) is 7.88. The fourth-order valence-corrected chi connectivity index (χ4v) is 6.34. The molecule has 1 atom stereocenters. The van der Waals surface area contributed by atoms with Crippen LogP contribution in [0.5, 0.6) is 11.5 Å². The Morgan fingerprint density at radius 3 is 2.53 bits per heavy atom. The van der Waals surface area contributed by atoms with Gasteiger partial charge in [-0.3, -0.25) is 0 Å². The monoisotopic (exact) mass is 553 g/mol. The fraction of sp³-hybridized carbons (Fsp3) is 0.684. The van der Waals surface area contributed by atoms with E-state index in [1.54, 1.807) is 4.90 Å². The van der Waals surface area contributed by atoms with Crippen LogP contribution in [0.4, 0.5) is 0 Å². The third-order valence-electron chi connectivity index (χ3n) is 5.84. The number of morpholine rings is 1. The number of halogens is 4. The molecule has 0 radical (unpaired) electrons. The Bertz CT molecular complexity index is 841. The molecule has 0 spiro atoms. The highest BCUT2D eigenvalue weighted by Crippen LogP contribution is 2.47. The Labute approximate surface area is 212 Å². The summed E-state index contributed by atoms with van der Waals surface area (Å²) in [4.78, 5) is 1.55. The Balaban J connectivity index is 0.00000256. The lowest BCUT2D eigenvalue weighted by Gasteiger charge is -2.25. The van der Waals surface area contributed by atoms with E-state index in [0.717, 1.165) is 45.8 Å². The van der Waals surface area contributed by atoms with Crippen LogP contribution in [0.2, 0.25) is 10.0 Å². The van der Waals surface area contributed by atoms with E-state index >= 15 is 0 Å². The van der Waals surface area contributed by atoms with Crippen molar-refractivity contribution in [1.29, 1.82) is 0 Å². The molecule has 13 heteroatoms. The van der Waals surface area contributed by atoms with Crippen LogP contribution in [0.15, 0.2) is 6.07 Å². The van der Waals surface area contributed by atoms with Crippen LogP contribution >= 0.6 is 23.2 Å². The van der Waals surface area contributed by atoms with Gasteiger partial charge in [0, 0.05) is 18.5 Å². The van der Waals surface area contributed by atoms with Crippen LogP contribution in [0.3, 0.4) is 0 Å². The number of phenols is 2. The lowest BCUT2D eigenvalue weighted by molar-refractivity contribution is -0.909. The first-order chi connectivity index (χ1) is 14.3. The molecule has 3 rings (SSSR count). The molecule has 2 heterocycles. The first-order valence-electron chi connectivity index (χ1n) is 10.4. The molecule has 2 aliphatic rings. The van der Waals surface area contributed by atoms with E-state index in [0.29, 0.717) is 31.5 Å². The Morgan fingerprint density at radius 1 is 1.16 bits per heavy atom. The zero-order valence-corrected chi connectivity index (χ0v) is 21.5. The van der Waals surface area contributed by atoms with Crippen LogP contribution in [-0.4, -0.2) is 81.2 Å². The van der Waals surface area contributed by atoms with E-state index in [9.17, 15) is 18.6 Å². The molecule has 2 saturated heterocycles. The van der Waals surface area contributed by atoms with E-state index in [1.807, 2.05) is 5.32 Å². The van der Waals surface area contributed by atoms with Crippen molar-refractivity contribution in [2.24, 2.45) is 0 Å². The average molecular weight is 555 g/mol. The van der Waals surface area contributed by atoms with Gasteiger partial charge in [0.2, 0.25) is 10.0 Å². The molecule has 2 aliphatic heterocycles. The summed E-state index contributed by atoms with van der Waals surface area (Å²) in [6.45, 7) is 6.60. The normalized spacial score (nSPS) is 20.0. The fourth-order valence-electron chi connectivity index (χ4n) is 4.16. The third kappa shape index (κ3) is 7.38. The number of phenolic OH excluding ortho intramolecular Hbond substituents is 2. The van der Waals surface area contributed by atoms with Crippen LogP contribution in [0.1, 0.15) is 30.9 Å². The first-order valence-corrected chi connectivity index (χ1v) is 12.8. The average Bonchev–Trinajstić information content (AvgIpc) is 3.23. The molecule has 186 valence electrons. The van der Waals surface area contributed by atoms with Gasteiger partial charge in [-0.25, -0.2) is 8.42 Å². The lowest BCUT2D eigenvalue weighted by Crippen LogP contribution is -3.14. The summed E-state index contributed by atoms with van der Waals surface area (Å²) in [5.41, 5.74) is 0.335. The highest BCUT2D eigenvalue weighted by atomic mass is 35.5. The molecule has 1 unspecified atom stereocenters. The molecular weight excluding hydrogens is 524 g/mol. The number of hydrogen-bond acceptors (Lipinski definition) is 5. The minimum atomic E-state index is -3.50. The topological polar surface area (TPSA) is 108 Å². The zero-order valence-electron chi connectivity index (χ0n) is 17.7. The number of ether oxygens (including phenoxy) is 1. The van der Waals surface area contributed by atoms with Gasteiger partial charge in [-0.2, -0.15) is 4.31 Å². The van der Waals surface area contributed by atoms with E-state index < -0.39 is 21.8 Å². The number of nitrogens with one attached hydrogen (secondary N) is 1. The second kappa shape index (κ2) is 13.6.